The average Bonchev–Trinajstić information content (AvgIpc) is 3.41. The lowest BCUT2D eigenvalue weighted by atomic mass is 9.98. The quantitative estimate of drug-likeness (QED) is 0.117. The number of benzene rings is 2. The minimum atomic E-state index is -1.43. The number of fused-ring (bicyclic) bond motifs is 1. The van der Waals surface area contributed by atoms with E-state index in [1.165, 1.54) is 12.1 Å². The lowest BCUT2D eigenvalue weighted by Gasteiger charge is -2.26. The number of aliphatic carboxylic acids is 2. The van der Waals surface area contributed by atoms with Gasteiger partial charge in [0.15, 0.2) is 0 Å². The summed E-state index contributed by atoms with van der Waals surface area (Å²) >= 11 is 0. The zero-order chi connectivity index (χ0) is 32.4. The third-order valence-corrected chi connectivity index (χ3v) is 7.56. The number of hydrogen-bond acceptors (Lipinski definition) is 7. The minimum Gasteiger partial charge on any atom is -0.508 e. The highest BCUT2D eigenvalue weighted by molar-refractivity contribution is 5.94. The maximum Gasteiger partial charge on any atom is 0.326 e. The van der Waals surface area contributed by atoms with Gasteiger partial charge in [-0.25, -0.2) is 4.79 Å². The van der Waals surface area contributed by atoms with Crippen molar-refractivity contribution in [3.8, 4) is 5.75 Å². The van der Waals surface area contributed by atoms with Crippen molar-refractivity contribution in [2.75, 3.05) is 0 Å². The number of carbonyl (C=O) groups is 5. The molecule has 2 aromatic carbocycles. The first-order valence-electron chi connectivity index (χ1n) is 14.3. The number of carbonyl (C=O) groups excluding carboxylic acids is 3. The molecular formula is C31H39N5O8. The number of phenols is 1. The molecule has 0 bridgehead atoms. The maximum atomic E-state index is 13.5. The third kappa shape index (κ3) is 9.30. The third-order valence-electron chi connectivity index (χ3n) is 7.56. The standard InChI is InChI=1S/C31H39N5O8/c1-3-17(2)27(32)30(42)35-24(14-18-8-10-20(37)11-9-18)29(41)34-23(12-13-26(38)39)28(40)36-25(31(43)44)15-19-16-33-22-7-5-4-6-21(19)22/h4-11,16-17,23-25,27,33,37H,3,12-15,32H2,1-2H3,(H,34,41)(H,35,42)(H,36,40)(H,38,39)(H,43,44). The number of nitrogens with two attached hydrogens (primary N) is 1. The van der Waals surface area contributed by atoms with Gasteiger partial charge in [-0.15, -0.1) is 0 Å². The van der Waals surface area contributed by atoms with Gasteiger partial charge in [0.1, 0.15) is 23.9 Å². The van der Waals surface area contributed by atoms with Crippen LogP contribution in [0.2, 0.25) is 0 Å². The van der Waals surface area contributed by atoms with Crippen LogP contribution >= 0.6 is 0 Å². The summed E-state index contributed by atoms with van der Waals surface area (Å²) in [6.45, 7) is 3.66. The van der Waals surface area contributed by atoms with Crippen molar-refractivity contribution in [2.45, 2.75) is 70.1 Å². The van der Waals surface area contributed by atoms with E-state index in [1.807, 2.05) is 25.1 Å². The first-order chi connectivity index (χ1) is 20.9. The normalized spacial score (nSPS) is 14.5. The van der Waals surface area contributed by atoms with Crippen molar-refractivity contribution in [3.63, 3.8) is 0 Å². The van der Waals surface area contributed by atoms with Crippen LogP contribution in [-0.2, 0) is 36.8 Å². The van der Waals surface area contributed by atoms with Crippen LogP contribution in [0.4, 0.5) is 0 Å². The molecule has 236 valence electrons. The van der Waals surface area contributed by atoms with Crippen molar-refractivity contribution in [3.05, 3.63) is 65.9 Å². The number of aromatic nitrogens is 1. The van der Waals surface area contributed by atoms with Gasteiger partial charge in [0, 0.05) is 36.4 Å². The molecule has 0 saturated carbocycles. The zero-order valence-electron chi connectivity index (χ0n) is 24.6. The van der Waals surface area contributed by atoms with Gasteiger partial charge in [-0.1, -0.05) is 50.6 Å². The van der Waals surface area contributed by atoms with E-state index in [4.69, 9.17) is 5.73 Å². The van der Waals surface area contributed by atoms with Crippen molar-refractivity contribution < 1.29 is 39.3 Å². The number of para-hydroxylation sites is 1. The highest BCUT2D eigenvalue weighted by atomic mass is 16.4. The number of H-pyrrole nitrogens is 1. The van der Waals surface area contributed by atoms with E-state index in [-0.39, 0.29) is 30.9 Å². The number of aromatic hydroxyl groups is 1. The molecule has 0 spiro atoms. The number of hydrogen-bond donors (Lipinski definition) is 8. The van der Waals surface area contributed by atoms with Crippen LogP contribution < -0.4 is 21.7 Å². The summed E-state index contributed by atoms with van der Waals surface area (Å²) in [7, 11) is 0. The Kier molecular flexibility index (Phi) is 11.9. The molecule has 5 unspecified atom stereocenters. The molecule has 13 heteroatoms. The number of amides is 3. The Hall–Kier alpha value is -4.91. The van der Waals surface area contributed by atoms with Gasteiger partial charge in [-0.2, -0.15) is 0 Å². The molecule has 0 saturated heterocycles. The van der Waals surface area contributed by atoms with E-state index in [1.54, 1.807) is 31.3 Å². The predicted octanol–water partition coefficient (Wildman–Crippen LogP) is 1.44. The highest BCUT2D eigenvalue weighted by Gasteiger charge is 2.32. The fraction of sp³-hybridized carbons (Fsp3) is 0.387. The smallest absolute Gasteiger partial charge is 0.326 e. The lowest BCUT2D eigenvalue weighted by molar-refractivity contribution is -0.143. The Morgan fingerprint density at radius 2 is 1.45 bits per heavy atom. The Balaban J connectivity index is 1.82. The van der Waals surface area contributed by atoms with Crippen LogP contribution in [-0.4, -0.2) is 74.1 Å². The van der Waals surface area contributed by atoms with Crippen LogP contribution in [0.15, 0.2) is 54.7 Å². The van der Waals surface area contributed by atoms with Crippen LogP contribution in [0.3, 0.4) is 0 Å². The highest BCUT2D eigenvalue weighted by Crippen LogP contribution is 2.19. The second-order valence-electron chi connectivity index (χ2n) is 10.8. The van der Waals surface area contributed by atoms with Crippen LogP contribution in [0.1, 0.15) is 44.2 Å². The Labute approximate surface area is 254 Å². The number of rotatable bonds is 16. The lowest BCUT2D eigenvalue weighted by Crippen LogP contribution is -2.58. The molecular weight excluding hydrogens is 570 g/mol. The van der Waals surface area contributed by atoms with Crippen LogP contribution in [0.5, 0.6) is 5.75 Å². The SMILES string of the molecule is CCC(C)C(N)C(=O)NC(Cc1ccc(O)cc1)C(=O)NC(CCC(=O)O)C(=O)NC(Cc1c[nH]c2ccccc12)C(=O)O. The molecule has 0 radical (unpaired) electrons. The van der Waals surface area contributed by atoms with Gasteiger partial charge in [-0.3, -0.25) is 19.2 Å². The Bertz CT molecular complexity index is 1470. The predicted molar refractivity (Wildman–Crippen MR) is 162 cm³/mol. The molecule has 1 aromatic heterocycles. The summed E-state index contributed by atoms with van der Waals surface area (Å²) in [6, 6.07) is 8.28. The first-order valence-corrected chi connectivity index (χ1v) is 14.3. The maximum absolute atomic E-state index is 13.5. The number of carboxylic acid groups (broad SMARTS) is 2. The van der Waals surface area contributed by atoms with E-state index in [0.717, 1.165) is 10.9 Å². The van der Waals surface area contributed by atoms with Gasteiger partial charge in [-0.05, 0) is 41.7 Å². The van der Waals surface area contributed by atoms with Crippen LogP contribution in [0.25, 0.3) is 10.9 Å². The molecule has 3 amide bonds. The van der Waals surface area contributed by atoms with Crippen molar-refractivity contribution in [1.82, 2.24) is 20.9 Å². The van der Waals surface area contributed by atoms with Crippen molar-refractivity contribution in [1.29, 1.82) is 0 Å². The molecule has 0 fully saturated rings. The minimum absolute atomic E-state index is 0.00334. The van der Waals surface area contributed by atoms with E-state index in [0.29, 0.717) is 17.5 Å². The summed E-state index contributed by atoms with van der Waals surface area (Å²) < 4.78 is 0. The largest absolute Gasteiger partial charge is 0.508 e. The summed E-state index contributed by atoms with van der Waals surface area (Å²) in [4.78, 5) is 66.3. The second-order valence-corrected chi connectivity index (χ2v) is 10.8. The molecule has 0 aliphatic heterocycles. The number of aromatic amines is 1. The van der Waals surface area contributed by atoms with E-state index in [9.17, 15) is 39.3 Å². The van der Waals surface area contributed by atoms with Crippen molar-refractivity contribution >= 4 is 40.6 Å². The summed E-state index contributed by atoms with van der Waals surface area (Å²) in [6.07, 6.45) is 1.33. The van der Waals surface area contributed by atoms with Gasteiger partial charge in [0.25, 0.3) is 0 Å². The van der Waals surface area contributed by atoms with E-state index < -0.39 is 60.2 Å². The number of phenolic OH excluding ortho intramolecular Hbond substituents is 1. The fourth-order valence-corrected chi connectivity index (χ4v) is 4.66. The molecule has 9 N–H and O–H groups in total. The molecule has 44 heavy (non-hydrogen) atoms. The zero-order valence-corrected chi connectivity index (χ0v) is 24.6. The molecule has 1 heterocycles. The Morgan fingerprint density at radius 1 is 0.841 bits per heavy atom. The van der Waals surface area contributed by atoms with Gasteiger partial charge < -0.3 is 42.0 Å². The first kappa shape index (κ1) is 33.6. The number of nitrogens with one attached hydrogen (secondary N) is 4. The molecule has 3 aromatic rings. The average molecular weight is 610 g/mol. The molecule has 0 aliphatic carbocycles. The topological polar surface area (TPSA) is 224 Å². The second kappa shape index (κ2) is 15.5. The molecule has 0 aliphatic rings. The molecule has 13 nitrogen and oxygen atoms in total. The molecule has 5 atom stereocenters. The fourth-order valence-electron chi connectivity index (χ4n) is 4.66. The van der Waals surface area contributed by atoms with E-state index in [2.05, 4.69) is 20.9 Å². The molecule has 3 rings (SSSR count). The van der Waals surface area contributed by atoms with Gasteiger partial charge >= 0.3 is 11.9 Å². The van der Waals surface area contributed by atoms with Crippen LogP contribution in [0, 0.1) is 5.92 Å². The number of carboxylic acids is 2. The summed E-state index contributed by atoms with van der Waals surface area (Å²) in [5.74, 6) is -5.00. The van der Waals surface area contributed by atoms with E-state index >= 15 is 0 Å². The Morgan fingerprint density at radius 3 is 2.09 bits per heavy atom. The summed E-state index contributed by atoms with van der Waals surface area (Å²) in [5.41, 5.74) is 8.09. The van der Waals surface area contributed by atoms with Crippen molar-refractivity contribution in [2.24, 2.45) is 11.7 Å². The van der Waals surface area contributed by atoms with Gasteiger partial charge in [0.2, 0.25) is 17.7 Å². The van der Waals surface area contributed by atoms with Gasteiger partial charge in [0.05, 0.1) is 6.04 Å². The monoisotopic (exact) mass is 609 g/mol. The summed E-state index contributed by atoms with van der Waals surface area (Å²) in [5, 5.41) is 37.1.